The van der Waals surface area contributed by atoms with Gasteiger partial charge in [-0.3, -0.25) is 58.2 Å². The van der Waals surface area contributed by atoms with Gasteiger partial charge in [0.05, 0.1) is 109 Å². The second kappa shape index (κ2) is 52.8. The Bertz CT molecular complexity index is 6110. The first-order chi connectivity index (χ1) is 67.8. The number of benzene rings is 2. The summed E-state index contributed by atoms with van der Waals surface area (Å²) in [5.41, 5.74) is 21.4. The Labute approximate surface area is 844 Å². The van der Waals surface area contributed by atoms with Crippen LogP contribution in [0.3, 0.4) is 0 Å². The fraction of sp³-hybridized carbons (Fsp3) is 0.510. The second-order valence-corrected chi connectivity index (χ2v) is 44.9. The van der Waals surface area contributed by atoms with E-state index in [2.05, 4.69) is 165 Å². The van der Waals surface area contributed by atoms with Gasteiger partial charge in [0.2, 0.25) is 0 Å². The molecule has 6 saturated heterocycles. The number of aliphatic hydroxyl groups excluding tert-OH is 6. The Morgan fingerprint density at radius 1 is 0.379 bits per heavy atom. The maximum atomic E-state index is 11.8. The van der Waals surface area contributed by atoms with Crippen LogP contribution in [-0.2, 0) is 48.1 Å². The third-order valence-corrected chi connectivity index (χ3v) is 34.0. The number of thioether (sulfide) groups is 6. The lowest BCUT2D eigenvalue weighted by Gasteiger charge is -2.17. The summed E-state index contributed by atoms with van der Waals surface area (Å²) >= 11 is 16.9. The highest BCUT2D eigenvalue weighted by atomic mass is 35.5. The Morgan fingerprint density at radius 3 is 0.900 bits per heavy atom. The molecule has 6 aliphatic heterocycles. The van der Waals surface area contributed by atoms with Crippen LogP contribution in [0.1, 0.15) is 94.7 Å². The predicted octanol–water partition coefficient (Wildman–Crippen LogP) is 6.01. The summed E-state index contributed by atoms with van der Waals surface area (Å²) in [5.74, 6) is 9.75. The standard InChI is InChI=1S/C19H20ClN3O2S.C19H21N3O2S.C16H24N4O2S.C16H23N3O2S.C15H21N3O2S.C14H19N3O2S.CO2/c20-14-2-4-15(5-3-14)26-10-13-8-23(9-17(13)24)7-12-1-6-16-18(12)21-11-22-19(16)25;23-17-10-22(9-14(17)11-25-15-4-2-1-3-5-15)8-13-6-7-16-18(13)20-12-21-19(16)24;17-4-1-5-23-9-12-7-20(8-14(12)21)6-11-2-3-13-15(11)18-10-19-16(13)22;1-10(2)22-8-12-6-19(7-14(12)20)5-11-3-4-13-15(11)17-9-18-16(13)21;1-2-21-8-11-6-18(7-13(11)19)5-10-3-4-12-14(10)16-9-17-15(12)20;1-20-7-10-5-17(6-12(10)18)4-9-2-3-11-13(9)15-8-16-14(11)19;2-1-3/h1-5,11,13,17,24H,6-10H2,(H,21,22,25);1-6,12,14,17,23H,7-11H2,(H,20,21,24);2,10,12,14,21H,1,3-9,17H2,(H,18,19,22);3,9-10,12,14,20H,4-8H2,1-2H3,(H,17,18,21);3,9,11,13,19H,2,4-8H2,1H3,(H,16,17,20);2,8,10,12,18H,3-7H2,1H3,(H,15,16,19);/t13-,17+;14-,17+;2*12-,14+;11-,13+;10-,12+;/m111111./s1. The van der Waals surface area contributed by atoms with E-state index >= 15 is 0 Å². The van der Waals surface area contributed by atoms with E-state index in [1.54, 1.807) is 35.3 Å². The predicted molar refractivity (Wildman–Crippen MR) is 559 cm³/mol. The van der Waals surface area contributed by atoms with Crippen LogP contribution >= 0.6 is 82.2 Å². The molecule has 12 atom stereocenters. The summed E-state index contributed by atoms with van der Waals surface area (Å²) in [5, 5.41) is 62.9. The fourth-order valence-corrected chi connectivity index (χ4v) is 25.7. The molecule has 12 heterocycles. The van der Waals surface area contributed by atoms with Crippen molar-refractivity contribution in [2.24, 2.45) is 41.2 Å². The number of rotatable bonds is 31. The lowest BCUT2D eigenvalue weighted by atomic mass is 10.1. The monoisotopic (exact) mass is 2050 g/mol. The zero-order valence-corrected chi connectivity index (χ0v) is 85.0. The van der Waals surface area contributed by atoms with E-state index in [1.807, 2.05) is 77.8 Å². The largest absolute Gasteiger partial charge is 0.391 e. The first kappa shape index (κ1) is 107. The number of allylic oxidation sites excluding steroid dienone is 6. The van der Waals surface area contributed by atoms with Crippen molar-refractivity contribution in [1.82, 2.24) is 89.2 Å². The van der Waals surface area contributed by atoms with Crippen LogP contribution in [0.2, 0.25) is 5.02 Å². The van der Waals surface area contributed by atoms with Crippen LogP contribution in [0.25, 0.3) is 33.4 Å². The fourth-order valence-electron chi connectivity index (χ4n) is 19.7. The van der Waals surface area contributed by atoms with Crippen LogP contribution in [-0.4, -0.2) is 345 Å². The van der Waals surface area contributed by atoms with Crippen molar-refractivity contribution in [2.75, 3.05) is 177 Å². The number of nitrogens with zero attached hydrogens (tertiary/aromatic N) is 12. The summed E-state index contributed by atoms with van der Waals surface area (Å²) in [4.78, 5) is 145. The Hall–Kier alpha value is -8.59. The Kier molecular flexibility index (Phi) is 40.4. The van der Waals surface area contributed by atoms with Gasteiger partial charge in [-0.1, -0.05) is 87.0 Å². The SMILES string of the molecule is CC(C)SC[C@H]1CN(CC2=CCc3c2nc[nH]c3=O)C[C@@H]1O.CCSC[C@H]1CN(CC2=CCc3c2nc[nH]c3=O)C[C@@H]1O.CSC[C@H]1CN(CC2=CCc3c2nc[nH]c3=O)C[C@@H]1O.NCCCSC[C@H]1CN(CC2=CCc3c2nc[nH]c3=O)C[C@@H]1O.O=C=O.O=c1[nH]cnc2c1CC=C2CN1C[C@H](CSc2ccc(Cl)cc2)[C@@H](O)C1.O=c1[nH]cnc2c1CC=C2CN1C[C@H](CSc2ccccc2)[C@@H](O)C1. The summed E-state index contributed by atoms with van der Waals surface area (Å²) in [6, 6.07) is 18.1. The van der Waals surface area contributed by atoms with Gasteiger partial charge in [-0.05, 0) is 162 Å². The number of halogens is 1. The summed E-state index contributed by atoms with van der Waals surface area (Å²) in [6.07, 6.45) is 27.0. The molecule has 6 aromatic heterocycles. The molecule has 750 valence electrons. The summed E-state index contributed by atoms with van der Waals surface area (Å²) in [7, 11) is 0. The molecule has 14 N–H and O–H groups in total. The molecule has 0 bridgehead atoms. The average Bonchev–Trinajstić information content (AvgIpc) is 1.68. The number of aliphatic hydroxyl groups is 6. The number of H-pyrrole nitrogens is 6. The van der Waals surface area contributed by atoms with Crippen LogP contribution in [0.5, 0.6) is 0 Å². The smallest absolute Gasteiger partial charge is 0.373 e. The van der Waals surface area contributed by atoms with E-state index in [0.29, 0.717) is 107 Å². The number of β-amino-alcohol motifs (C(OH)–C–C–N with tert-alkyl or cyclic N) is 6. The highest BCUT2D eigenvalue weighted by molar-refractivity contribution is 8.00. The van der Waals surface area contributed by atoms with Crippen LogP contribution in [0.15, 0.2) is 168 Å². The maximum absolute atomic E-state index is 11.8. The molecular formula is C100H128ClN19O14S6. The number of likely N-dealkylation sites (tertiary alicyclic amines) is 6. The molecule has 33 nitrogen and oxygen atoms in total. The number of hydrogen-bond donors (Lipinski definition) is 13. The second-order valence-electron chi connectivity index (χ2n) is 37.3. The Balaban J connectivity index is 0.000000133. The molecule has 140 heavy (non-hydrogen) atoms. The first-order valence-electron chi connectivity index (χ1n) is 47.8. The maximum Gasteiger partial charge on any atom is 0.373 e. The van der Waals surface area contributed by atoms with Gasteiger partial charge >= 0.3 is 6.15 Å². The van der Waals surface area contributed by atoms with Gasteiger partial charge < -0.3 is 66.3 Å². The summed E-state index contributed by atoms with van der Waals surface area (Å²) < 4.78 is 0. The highest BCUT2D eigenvalue weighted by Gasteiger charge is 2.40. The van der Waals surface area contributed by atoms with Crippen molar-refractivity contribution in [2.45, 2.75) is 117 Å². The quantitative estimate of drug-likeness (QED) is 0.0175. The van der Waals surface area contributed by atoms with Gasteiger partial charge in [-0.2, -0.15) is 56.6 Å². The topological polar surface area (TPSA) is 475 Å². The number of hydrogen-bond acceptors (Lipinski definition) is 33. The minimum atomic E-state index is -0.330. The van der Waals surface area contributed by atoms with Gasteiger partial charge in [0.1, 0.15) is 0 Å². The van der Waals surface area contributed by atoms with E-state index in [0.717, 1.165) is 248 Å². The normalized spacial score (nSPS) is 23.6. The highest BCUT2D eigenvalue weighted by Crippen LogP contribution is 2.37. The number of carbonyl (C=O) groups excluding carboxylic acids is 2. The molecule has 8 aromatic rings. The number of aromatic nitrogens is 12. The zero-order valence-electron chi connectivity index (χ0n) is 79.4. The van der Waals surface area contributed by atoms with Crippen molar-refractivity contribution in [3.05, 3.63) is 264 Å². The van der Waals surface area contributed by atoms with Crippen molar-refractivity contribution in [3.8, 4) is 0 Å². The molecule has 0 unspecified atom stereocenters. The van der Waals surface area contributed by atoms with Gasteiger partial charge in [-0.15, -0.1) is 23.5 Å². The third kappa shape index (κ3) is 29.0. The third-order valence-electron chi connectivity index (χ3n) is 27.0. The number of nitrogens with two attached hydrogens (primary N) is 1. The molecule has 6 fully saturated rings. The minimum Gasteiger partial charge on any atom is -0.391 e. The van der Waals surface area contributed by atoms with E-state index < -0.39 is 0 Å². The molecule has 0 saturated carbocycles. The first-order valence-corrected chi connectivity index (χ1v) is 54.9. The van der Waals surface area contributed by atoms with Crippen molar-refractivity contribution < 1.29 is 40.2 Å². The number of nitrogens with one attached hydrogen (secondary N) is 6. The van der Waals surface area contributed by atoms with E-state index in [9.17, 15) is 59.4 Å². The van der Waals surface area contributed by atoms with Crippen LogP contribution in [0.4, 0.5) is 0 Å². The minimum absolute atomic E-state index is 0.0371. The lowest BCUT2D eigenvalue weighted by Crippen LogP contribution is -2.24. The van der Waals surface area contributed by atoms with Gasteiger partial charge in [0.15, 0.2) is 0 Å². The number of aromatic amines is 6. The molecular weight excluding hydrogens is 1920 g/mol. The summed E-state index contributed by atoms with van der Waals surface area (Å²) in [6.45, 7) is 21.3. The van der Waals surface area contributed by atoms with Gasteiger partial charge in [0.25, 0.3) is 33.4 Å². The molecule has 40 heteroatoms. The van der Waals surface area contributed by atoms with Crippen LogP contribution < -0.4 is 39.1 Å². The molecule has 0 spiro atoms. The van der Waals surface area contributed by atoms with E-state index in [4.69, 9.17) is 26.9 Å². The average molecular weight is 2050 g/mol. The molecule has 2 aromatic carbocycles. The molecule has 12 aliphatic rings. The molecule has 20 rings (SSSR count). The molecule has 6 aliphatic carbocycles. The van der Waals surface area contributed by atoms with E-state index in [1.165, 1.54) is 42.9 Å². The van der Waals surface area contributed by atoms with Crippen molar-refractivity contribution in [1.29, 1.82) is 0 Å². The van der Waals surface area contributed by atoms with Crippen molar-refractivity contribution >= 4 is 122 Å². The Morgan fingerprint density at radius 2 is 0.636 bits per heavy atom. The van der Waals surface area contributed by atoms with Crippen molar-refractivity contribution in [3.63, 3.8) is 0 Å². The van der Waals surface area contributed by atoms with Gasteiger partial charge in [-0.25, -0.2) is 29.9 Å². The van der Waals surface area contributed by atoms with E-state index in [-0.39, 0.29) is 88.0 Å². The van der Waals surface area contributed by atoms with Gasteiger partial charge in [0, 0.05) is 219 Å². The zero-order chi connectivity index (χ0) is 98.9. The number of fused-ring (bicyclic) bond motifs is 6. The lowest BCUT2D eigenvalue weighted by molar-refractivity contribution is -0.191. The molecule has 0 amide bonds. The van der Waals surface area contributed by atoms with Crippen LogP contribution in [0, 0.1) is 35.5 Å². The molecule has 0 radical (unpaired) electrons.